The zero-order chi connectivity index (χ0) is 22.3. The molecule has 2 atom stereocenters. The second-order valence-electron chi connectivity index (χ2n) is 7.86. The van der Waals surface area contributed by atoms with Gasteiger partial charge in [0.25, 0.3) is 5.91 Å². The standard InChI is InChI=1S/C26H29N3O2S/c1-2-29-26(25(31)27-22(19-30)17-20-11-5-3-6-12-20)28(18-21-13-7-4-8-14-21)23-15-9-10-16-24(23)32-29/h3-16,22,26,30H,2,17-19H2,1H3,(H,27,31)/t22-,26?/m0/s1. The Morgan fingerprint density at radius 3 is 2.25 bits per heavy atom. The third-order valence-electron chi connectivity index (χ3n) is 5.59. The van der Waals surface area contributed by atoms with Crippen LogP contribution in [0.15, 0.2) is 89.8 Å². The minimum Gasteiger partial charge on any atom is -0.394 e. The molecule has 0 radical (unpaired) electrons. The number of aliphatic hydroxyl groups excluding tert-OH is 1. The average Bonchev–Trinajstić information content (AvgIpc) is 2.84. The summed E-state index contributed by atoms with van der Waals surface area (Å²) in [6, 6.07) is 28.0. The summed E-state index contributed by atoms with van der Waals surface area (Å²) >= 11 is 1.61. The molecule has 1 aliphatic heterocycles. The predicted octanol–water partition coefficient (Wildman–Crippen LogP) is 4.08. The fourth-order valence-corrected chi connectivity index (χ4v) is 5.14. The summed E-state index contributed by atoms with van der Waals surface area (Å²) < 4.78 is 2.11. The normalized spacial score (nSPS) is 16.9. The molecule has 1 heterocycles. The van der Waals surface area contributed by atoms with Gasteiger partial charge in [0.1, 0.15) is 0 Å². The molecule has 5 nitrogen and oxygen atoms in total. The largest absolute Gasteiger partial charge is 0.394 e. The molecule has 0 saturated carbocycles. The van der Waals surface area contributed by atoms with E-state index in [0.29, 0.717) is 19.5 Å². The fraction of sp³-hybridized carbons (Fsp3) is 0.269. The number of amides is 1. The minimum atomic E-state index is -0.482. The lowest BCUT2D eigenvalue weighted by atomic mass is 10.1. The van der Waals surface area contributed by atoms with E-state index in [-0.39, 0.29) is 18.6 Å². The number of fused-ring (bicyclic) bond motifs is 1. The molecule has 6 heteroatoms. The van der Waals surface area contributed by atoms with E-state index in [9.17, 15) is 9.90 Å². The van der Waals surface area contributed by atoms with Crippen molar-refractivity contribution in [2.24, 2.45) is 0 Å². The van der Waals surface area contributed by atoms with E-state index >= 15 is 0 Å². The van der Waals surface area contributed by atoms with Crippen molar-refractivity contribution in [3.05, 3.63) is 96.1 Å². The SMILES string of the molecule is CCN1Sc2ccccc2N(Cc2ccccc2)C1C(=O)N[C@H](CO)Cc1ccccc1. The van der Waals surface area contributed by atoms with Crippen molar-refractivity contribution in [1.29, 1.82) is 0 Å². The number of anilines is 1. The highest BCUT2D eigenvalue weighted by molar-refractivity contribution is 7.97. The van der Waals surface area contributed by atoms with Crippen molar-refractivity contribution in [3.63, 3.8) is 0 Å². The van der Waals surface area contributed by atoms with Crippen LogP contribution < -0.4 is 10.2 Å². The Morgan fingerprint density at radius 1 is 0.969 bits per heavy atom. The first-order valence-electron chi connectivity index (χ1n) is 11.0. The highest BCUT2D eigenvalue weighted by Gasteiger charge is 2.38. The van der Waals surface area contributed by atoms with E-state index in [1.807, 2.05) is 60.7 Å². The van der Waals surface area contributed by atoms with E-state index in [1.54, 1.807) is 11.9 Å². The topological polar surface area (TPSA) is 55.8 Å². The van der Waals surface area contributed by atoms with Crippen molar-refractivity contribution < 1.29 is 9.90 Å². The molecule has 0 saturated heterocycles. The van der Waals surface area contributed by atoms with Crippen LogP contribution in [-0.4, -0.2) is 40.7 Å². The van der Waals surface area contributed by atoms with E-state index in [2.05, 4.69) is 45.7 Å². The summed E-state index contributed by atoms with van der Waals surface area (Å²) in [5.74, 6) is -0.0974. The van der Waals surface area contributed by atoms with E-state index in [4.69, 9.17) is 0 Å². The van der Waals surface area contributed by atoms with Crippen molar-refractivity contribution in [2.45, 2.75) is 37.0 Å². The highest BCUT2D eigenvalue weighted by atomic mass is 32.2. The molecule has 1 amide bonds. The van der Waals surface area contributed by atoms with Crippen LogP contribution in [0.4, 0.5) is 5.69 Å². The molecule has 1 unspecified atom stereocenters. The molecule has 0 aliphatic carbocycles. The molecule has 2 N–H and O–H groups in total. The maximum absolute atomic E-state index is 13.6. The lowest BCUT2D eigenvalue weighted by Crippen LogP contribution is -2.58. The van der Waals surface area contributed by atoms with Gasteiger partial charge < -0.3 is 15.3 Å². The van der Waals surface area contributed by atoms with Gasteiger partial charge in [0.05, 0.1) is 18.3 Å². The first kappa shape index (κ1) is 22.4. The molecular weight excluding hydrogens is 418 g/mol. The Kier molecular flexibility index (Phi) is 7.47. The first-order valence-corrected chi connectivity index (χ1v) is 11.8. The number of aliphatic hydroxyl groups is 1. The summed E-state index contributed by atoms with van der Waals surface area (Å²) in [6.07, 6.45) is 0.106. The number of benzene rings is 3. The molecule has 1 aliphatic rings. The van der Waals surface area contributed by atoms with Crippen molar-refractivity contribution in [3.8, 4) is 0 Å². The Bertz CT molecular complexity index is 1020. The zero-order valence-corrected chi connectivity index (χ0v) is 19.0. The molecule has 166 valence electrons. The summed E-state index contributed by atoms with van der Waals surface area (Å²) in [7, 11) is 0. The second-order valence-corrected chi connectivity index (χ2v) is 8.95. The van der Waals surface area contributed by atoms with Gasteiger partial charge in [-0.2, -0.15) is 0 Å². The van der Waals surface area contributed by atoms with Gasteiger partial charge in [-0.15, -0.1) is 0 Å². The third kappa shape index (κ3) is 5.15. The lowest BCUT2D eigenvalue weighted by molar-refractivity contribution is -0.125. The van der Waals surface area contributed by atoms with Gasteiger partial charge >= 0.3 is 0 Å². The average molecular weight is 448 g/mol. The Morgan fingerprint density at radius 2 is 1.59 bits per heavy atom. The van der Waals surface area contributed by atoms with Gasteiger partial charge in [-0.1, -0.05) is 79.7 Å². The van der Waals surface area contributed by atoms with Crippen molar-refractivity contribution in [2.75, 3.05) is 18.1 Å². The van der Waals surface area contributed by atoms with Crippen LogP contribution in [0.3, 0.4) is 0 Å². The number of hydrogen-bond acceptors (Lipinski definition) is 5. The summed E-state index contributed by atoms with van der Waals surface area (Å²) in [6.45, 7) is 3.29. The summed E-state index contributed by atoms with van der Waals surface area (Å²) in [5.41, 5.74) is 3.28. The predicted molar refractivity (Wildman–Crippen MR) is 130 cm³/mol. The van der Waals surface area contributed by atoms with Gasteiger partial charge in [0.15, 0.2) is 6.17 Å². The van der Waals surface area contributed by atoms with Gasteiger partial charge in [0.2, 0.25) is 0 Å². The number of carbonyl (C=O) groups excluding carboxylic acids is 1. The molecule has 0 bridgehead atoms. The van der Waals surface area contributed by atoms with Crippen LogP contribution in [-0.2, 0) is 17.8 Å². The van der Waals surface area contributed by atoms with Gasteiger partial charge in [-0.3, -0.25) is 4.79 Å². The number of hydrogen-bond donors (Lipinski definition) is 2. The quantitative estimate of drug-likeness (QED) is 0.510. The monoisotopic (exact) mass is 447 g/mol. The van der Waals surface area contributed by atoms with Crippen LogP contribution in [0.5, 0.6) is 0 Å². The zero-order valence-electron chi connectivity index (χ0n) is 18.2. The maximum atomic E-state index is 13.6. The van der Waals surface area contributed by atoms with Crippen LogP contribution >= 0.6 is 11.9 Å². The third-order valence-corrected chi connectivity index (χ3v) is 6.83. The van der Waals surface area contributed by atoms with Gasteiger partial charge in [-0.05, 0) is 41.6 Å². The smallest absolute Gasteiger partial charge is 0.259 e. The van der Waals surface area contributed by atoms with E-state index in [0.717, 1.165) is 21.7 Å². The molecule has 0 spiro atoms. The minimum absolute atomic E-state index is 0.0974. The van der Waals surface area contributed by atoms with Crippen LogP contribution in [0.25, 0.3) is 0 Å². The molecule has 0 fully saturated rings. The fourth-order valence-electron chi connectivity index (χ4n) is 4.03. The highest BCUT2D eigenvalue weighted by Crippen LogP contribution is 2.41. The number of likely N-dealkylation sites (N-methyl/N-ethyl adjacent to an activating group) is 1. The molecule has 0 aromatic heterocycles. The Hall–Kier alpha value is -2.80. The van der Waals surface area contributed by atoms with E-state index < -0.39 is 6.17 Å². The van der Waals surface area contributed by atoms with Crippen LogP contribution in [0, 0.1) is 0 Å². The molecule has 3 aromatic rings. The molecule has 4 rings (SSSR count). The number of para-hydroxylation sites is 1. The maximum Gasteiger partial charge on any atom is 0.259 e. The van der Waals surface area contributed by atoms with Crippen LogP contribution in [0.2, 0.25) is 0 Å². The second kappa shape index (κ2) is 10.7. The number of nitrogens with one attached hydrogen (secondary N) is 1. The van der Waals surface area contributed by atoms with Crippen LogP contribution in [0.1, 0.15) is 18.1 Å². The van der Waals surface area contributed by atoms with Gasteiger partial charge in [0, 0.05) is 18.0 Å². The summed E-state index contributed by atoms with van der Waals surface area (Å²) in [5, 5.41) is 13.1. The number of nitrogens with zero attached hydrogens (tertiary/aromatic N) is 2. The Labute approximate surface area is 194 Å². The van der Waals surface area contributed by atoms with Crippen molar-refractivity contribution in [1.82, 2.24) is 9.62 Å². The number of rotatable bonds is 8. The number of carbonyl (C=O) groups is 1. The molecule has 32 heavy (non-hydrogen) atoms. The van der Waals surface area contributed by atoms with Crippen molar-refractivity contribution >= 4 is 23.5 Å². The summed E-state index contributed by atoms with van der Waals surface area (Å²) in [4.78, 5) is 16.9. The molecular formula is C26H29N3O2S. The molecule has 3 aromatic carbocycles. The van der Waals surface area contributed by atoms with E-state index in [1.165, 1.54) is 0 Å². The van der Waals surface area contributed by atoms with Gasteiger partial charge in [-0.25, -0.2) is 4.31 Å². The first-order chi connectivity index (χ1) is 15.7. The lowest BCUT2D eigenvalue weighted by Gasteiger charge is -2.44. The Balaban J connectivity index is 1.61.